The van der Waals surface area contributed by atoms with Crippen LogP contribution in [-0.4, -0.2) is 42.1 Å². The molecule has 0 rings (SSSR count). The standard InChI is InChI=1S/C7H14O6Si/c1-6(8)5-7(9)13-14(10-2,11-3)12-4/h5H2,1-4H3. The third kappa shape index (κ3) is 3.96. The highest BCUT2D eigenvalue weighted by atomic mass is 28.4. The van der Waals surface area contributed by atoms with Crippen molar-refractivity contribution in [3.05, 3.63) is 0 Å². The minimum Gasteiger partial charge on any atom is -0.452 e. The van der Waals surface area contributed by atoms with Crippen molar-refractivity contribution in [1.29, 1.82) is 0 Å². The first-order valence-corrected chi connectivity index (χ1v) is 5.49. The van der Waals surface area contributed by atoms with Gasteiger partial charge in [0.25, 0.3) is 0 Å². The lowest BCUT2D eigenvalue weighted by molar-refractivity contribution is -0.144. The van der Waals surface area contributed by atoms with Gasteiger partial charge < -0.3 is 17.7 Å². The molecule has 0 unspecified atom stereocenters. The summed E-state index contributed by atoms with van der Waals surface area (Å²) in [6.45, 7) is 1.29. The topological polar surface area (TPSA) is 71.1 Å². The van der Waals surface area contributed by atoms with E-state index in [2.05, 4.69) is 0 Å². The first kappa shape index (κ1) is 13.2. The molecule has 0 atom stereocenters. The van der Waals surface area contributed by atoms with Crippen molar-refractivity contribution in [2.45, 2.75) is 13.3 Å². The van der Waals surface area contributed by atoms with Crippen molar-refractivity contribution in [1.82, 2.24) is 0 Å². The average molecular weight is 222 g/mol. The van der Waals surface area contributed by atoms with Gasteiger partial charge in [0.1, 0.15) is 12.2 Å². The van der Waals surface area contributed by atoms with E-state index in [0.717, 1.165) is 0 Å². The molecule has 0 amide bonds. The van der Waals surface area contributed by atoms with E-state index in [0.29, 0.717) is 0 Å². The molecular formula is C7H14O6Si. The first-order valence-electron chi connectivity index (χ1n) is 3.86. The Morgan fingerprint density at radius 1 is 1.07 bits per heavy atom. The van der Waals surface area contributed by atoms with Crippen LogP contribution in [0.3, 0.4) is 0 Å². The molecule has 0 N–H and O–H groups in total. The second kappa shape index (κ2) is 5.86. The van der Waals surface area contributed by atoms with Gasteiger partial charge in [0.2, 0.25) is 0 Å². The molecule has 0 spiro atoms. The summed E-state index contributed by atoms with van der Waals surface area (Å²) in [5.74, 6) is -1.00. The van der Waals surface area contributed by atoms with E-state index in [1.807, 2.05) is 0 Å². The molecule has 7 heteroatoms. The van der Waals surface area contributed by atoms with Gasteiger partial charge in [-0.3, -0.25) is 9.59 Å². The summed E-state index contributed by atoms with van der Waals surface area (Å²) in [5.41, 5.74) is 0. The Balaban J connectivity index is 4.29. The van der Waals surface area contributed by atoms with E-state index in [-0.39, 0.29) is 12.2 Å². The van der Waals surface area contributed by atoms with Gasteiger partial charge in [0.15, 0.2) is 0 Å². The average Bonchev–Trinajstić information content (AvgIpc) is 2.13. The van der Waals surface area contributed by atoms with E-state index in [4.69, 9.17) is 17.7 Å². The van der Waals surface area contributed by atoms with Crippen LogP contribution in [0.2, 0.25) is 0 Å². The van der Waals surface area contributed by atoms with Crippen LogP contribution >= 0.6 is 0 Å². The second-order valence-corrected chi connectivity index (χ2v) is 4.89. The maximum absolute atomic E-state index is 11.1. The first-order chi connectivity index (χ1) is 6.49. The molecule has 0 aliphatic carbocycles. The number of carbonyl (C=O) groups is 2. The molecule has 6 nitrogen and oxygen atoms in total. The fourth-order valence-electron chi connectivity index (χ4n) is 0.754. The number of ketones is 1. The molecule has 0 aliphatic rings. The van der Waals surface area contributed by atoms with E-state index < -0.39 is 15.0 Å². The monoisotopic (exact) mass is 222 g/mol. The van der Waals surface area contributed by atoms with Crippen molar-refractivity contribution in [2.24, 2.45) is 0 Å². The van der Waals surface area contributed by atoms with Crippen molar-refractivity contribution < 1.29 is 27.3 Å². The molecule has 82 valence electrons. The number of Topliss-reactive ketones (excluding diaryl/α,β-unsaturated/α-hetero) is 1. The van der Waals surface area contributed by atoms with Crippen LogP contribution in [0.1, 0.15) is 13.3 Å². The lowest BCUT2D eigenvalue weighted by atomic mass is 10.3. The Labute approximate surface area is 83.6 Å². The van der Waals surface area contributed by atoms with Gasteiger partial charge in [-0.2, -0.15) is 0 Å². The molecule has 0 heterocycles. The van der Waals surface area contributed by atoms with Crippen molar-refractivity contribution in [3.8, 4) is 0 Å². The quantitative estimate of drug-likeness (QED) is 0.461. The van der Waals surface area contributed by atoms with Gasteiger partial charge in [-0.15, -0.1) is 0 Å². The van der Waals surface area contributed by atoms with Crippen LogP contribution in [0.15, 0.2) is 0 Å². The van der Waals surface area contributed by atoms with E-state index in [1.54, 1.807) is 0 Å². The molecule has 0 radical (unpaired) electrons. The van der Waals surface area contributed by atoms with Gasteiger partial charge >= 0.3 is 15.0 Å². The third-order valence-electron chi connectivity index (χ3n) is 1.38. The normalized spacial score (nSPS) is 11.1. The Bertz CT molecular complexity index is 204. The molecule has 0 saturated carbocycles. The summed E-state index contributed by atoms with van der Waals surface area (Å²) in [5, 5.41) is 0. The summed E-state index contributed by atoms with van der Waals surface area (Å²) >= 11 is 0. The highest BCUT2D eigenvalue weighted by Gasteiger charge is 2.46. The van der Waals surface area contributed by atoms with Crippen molar-refractivity contribution in [2.75, 3.05) is 21.3 Å². The largest absolute Gasteiger partial charge is 0.750 e. The molecule has 0 aromatic carbocycles. The molecule has 0 aromatic heterocycles. The van der Waals surface area contributed by atoms with Gasteiger partial charge in [-0.25, -0.2) is 0 Å². The Morgan fingerprint density at radius 2 is 1.50 bits per heavy atom. The molecule has 0 fully saturated rings. The van der Waals surface area contributed by atoms with Gasteiger partial charge in [0, 0.05) is 21.3 Å². The molecule has 14 heavy (non-hydrogen) atoms. The molecule has 0 bridgehead atoms. The van der Waals surface area contributed by atoms with Crippen LogP contribution < -0.4 is 0 Å². The van der Waals surface area contributed by atoms with E-state index in [9.17, 15) is 9.59 Å². The fraction of sp³-hybridized carbons (Fsp3) is 0.714. The molecule has 0 saturated heterocycles. The zero-order valence-corrected chi connectivity index (χ0v) is 9.66. The second-order valence-electron chi connectivity index (χ2n) is 2.47. The van der Waals surface area contributed by atoms with Gasteiger partial charge in [-0.1, -0.05) is 0 Å². The molecule has 0 aromatic rings. The predicted octanol–water partition coefficient (Wildman–Crippen LogP) is -0.117. The number of hydrogen-bond acceptors (Lipinski definition) is 6. The summed E-state index contributed by atoms with van der Waals surface area (Å²) in [6, 6.07) is 0. The van der Waals surface area contributed by atoms with Crippen molar-refractivity contribution in [3.63, 3.8) is 0 Å². The highest BCUT2D eigenvalue weighted by Crippen LogP contribution is 2.09. The van der Waals surface area contributed by atoms with E-state index >= 15 is 0 Å². The Kier molecular flexibility index (Phi) is 5.54. The van der Waals surface area contributed by atoms with Crippen LogP contribution in [-0.2, 0) is 27.3 Å². The van der Waals surface area contributed by atoms with Crippen LogP contribution in [0.5, 0.6) is 0 Å². The lowest BCUT2D eigenvalue weighted by Gasteiger charge is -2.21. The maximum Gasteiger partial charge on any atom is 0.750 e. The van der Waals surface area contributed by atoms with E-state index in [1.165, 1.54) is 28.3 Å². The van der Waals surface area contributed by atoms with Crippen molar-refractivity contribution >= 4 is 20.8 Å². The molecular weight excluding hydrogens is 208 g/mol. The van der Waals surface area contributed by atoms with Crippen LogP contribution in [0.4, 0.5) is 0 Å². The van der Waals surface area contributed by atoms with Crippen LogP contribution in [0.25, 0.3) is 0 Å². The number of hydrogen-bond donors (Lipinski definition) is 0. The third-order valence-corrected chi connectivity index (χ3v) is 3.36. The summed E-state index contributed by atoms with van der Waals surface area (Å²) < 4.78 is 19.3. The number of rotatable bonds is 6. The fourth-order valence-corrected chi connectivity index (χ4v) is 1.85. The number of carbonyl (C=O) groups excluding carboxylic acids is 2. The minimum atomic E-state index is -3.35. The summed E-state index contributed by atoms with van der Waals surface area (Å²) in [4.78, 5) is 21.7. The van der Waals surface area contributed by atoms with Crippen LogP contribution in [0, 0.1) is 0 Å². The Hall–Kier alpha value is -0.763. The maximum atomic E-state index is 11.1. The predicted molar refractivity (Wildman–Crippen MR) is 48.2 cm³/mol. The summed E-state index contributed by atoms with van der Waals surface area (Å²) in [7, 11) is 0.568. The molecule has 0 aliphatic heterocycles. The Morgan fingerprint density at radius 3 is 1.79 bits per heavy atom. The highest BCUT2D eigenvalue weighted by molar-refractivity contribution is 6.55. The zero-order valence-electron chi connectivity index (χ0n) is 8.66. The summed E-state index contributed by atoms with van der Waals surface area (Å²) in [6.07, 6.45) is -0.315. The minimum absolute atomic E-state index is 0.291. The smallest absolute Gasteiger partial charge is 0.452 e. The lowest BCUT2D eigenvalue weighted by Crippen LogP contribution is -2.48. The SMILES string of the molecule is CO[Si](OC)(OC)OC(=O)CC(C)=O. The zero-order chi connectivity index (χ0) is 11.2. The van der Waals surface area contributed by atoms with Gasteiger partial charge in [-0.05, 0) is 6.92 Å². The van der Waals surface area contributed by atoms with Gasteiger partial charge in [0.05, 0.1) is 0 Å².